The molecule has 1 aromatic heterocycles. The highest BCUT2D eigenvalue weighted by molar-refractivity contribution is 7.93. The third-order valence-corrected chi connectivity index (χ3v) is 5.61. The lowest BCUT2D eigenvalue weighted by Gasteiger charge is -2.19. The number of aryl methyl sites for hydroxylation is 1. The summed E-state index contributed by atoms with van der Waals surface area (Å²) in [5.41, 5.74) is 6.46. The molecule has 0 unspecified atom stereocenters. The van der Waals surface area contributed by atoms with Crippen LogP contribution < -0.4 is 10.5 Å². The molecule has 0 atom stereocenters. The minimum atomic E-state index is -3.76. The van der Waals surface area contributed by atoms with Gasteiger partial charge in [-0.2, -0.15) is 0 Å². The Morgan fingerprint density at radius 3 is 2.58 bits per heavy atom. The molecule has 1 heterocycles. The number of sulfonamides is 1. The van der Waals surface area contributed by atoms with Crippen molar-refractivity contribution in [2.75, 3.05) is 4.72 Å². The van der Waals surface area contributed by atoms with Crippen LogP contribution in [-0.4, -0.2) is 19.3 Å². The van der Waals surface area contributed by atoms with Gasteiger partial charge in [0.2, 0.25) is 5.91 Å². The number of nitrogens with one attached hydrogen (secondary N) is 1. The molecule has 8 heteroatoms. The van der Waals surface area contributed by atoms with Gasteiger partial charge in [-0.05, 0) is 42.0 Å². The number of amides is 1. The van der Waals surface area contributed by atoms with E-state index in [9.17, 15) is 13.2 Å². The van der Waals surface area contributed by atoms with Crippen molar-refractivity contribution in [3.8, 4) is 0 Å². The van der Waals surface area contributed by atoms with Crippen molar-refractivity contribution in [1.82, 2.24) is 4.98 Å². The average molecular weight is 367 g/mol. The fraction of sp³-hybridized carbons (Fsp3) is 0.375. The lowest BCUT2D eigenvalue weighted by Crippen LogP contribution is -2.18. The summed E-state index contributed by atoms with van der Waals surface area (Å²) in [4.78, 5) is 15.6. The first-order chi connectivity index (χ1) is 11.1. The Morgan fingerprint density at radius 1 is 1.33 bits per heavy atom. The van der Waals surface area contributed by atoms with Crippen LogP contribution in [0.2, 0.25) is 0 Å². The zero-order chi connectivity index (χ0) is 18.0. The van der Waals surface area contributed by atoms with Gasteiger partial charge < -0.3 is 5.73 Å². The van der Waals surface area contributed by atoms with Crippen LogP contribution in [0.25, 0.3) is 0 Å². The number of rotatable bonds is 6. The first-order valence-corrected chi connectivity index (χ1v) is 9.80. The molecule has 0 aliphatic heterocycles. The smallest absolute Gasteiger partial charge is 0.263 e. The van der Waals surface area contributed by atoms with Gasteiger partial charge in [-0.3, -0.25) is 9.52 Å². The third-order valence-electron chi connectivity index (χ3n) is 3.45. The summed E-state index contributed by atoms with van der Waals surface area (Å²) >= 11 is 1.19. The number of nitrogens with zero attached hydrogens (tertiary/aromatic N) is 1. The van der Waals surface area contributed by atoms with E-state index in [2.05, 4.69) is 30.5 Å². The predicted octanol–water partition coefficient (Wildman–Crippen LogP) is 3.02. The van der Waals surface area contributed by atoms with Gasteiger partial charge in [0.25, 0.3) is 10.0 Å². The minimum Gasteiger partial charge on any atom is -0.366 e. The number of carbonyl (C=O) groups is 1. The Bertz CT molecular complexity index is 823. The highest BCUT2D eigenvalue weighted by Gasteiger charge is 2.20. The normalized spacial score (nSPS) is 12.1. The van der Waals surface area contributed by atoms with Gasteiger partial charge >= 0.3 is 0 Å². The van der Waals surface area contributed by atoms with Crippen LogP contribution in [0.3, 0.4) is 0 Å². The van der Waals surface area contributed by atoms with E-state index >= 15 is 0 Å². The van der Waals surface area contributed by atoms with E-state index in [0.717, 1.165) is 6.42 Å². The van der Waals surface area contributed by atoms with Gasteiger partial charge in [-0.1, -0.05) is 20.8 Å². The van der Waals surface area contributed by atoms with Gasteiger partial charge in [0.05, 0.1) is 4.90 Å². The molecule has 0 radical (unpaired) electrons. The van der Waals surface area contributed by atoms with E-state index in [1.807, 2.05) is 0 Å². The lowest BCUT2D eigenvalue weighted by atomic mass is 9.87. The SMILES string of the molecule is CC(C)(C)CCc1cc(S(=O)(=O)Nc2nccs2)ccc1C(N)=O. The number of aromatic nitrogens is 1. The summed E-state index contributed by atoms with van der Waals surface area (Å²) in [6.45, 7) is 6.25. The highest BCUT2D eigenvalue weighted by atomic mass is 32.2. The molecular formula is C16H21N3O3S2. The van der Waals surface area contributed by atoms with Gasteiger partial charge in [0, 0.05) is 17.1 Å². The van der Waals surface area contributed by atoms with Crippen molar-refractivity contribution >= 4 is 32.4 Å². The van der Waals surface area contributed by atoms with Crippen LogP contribution in [0.15, 0.2) is 34.7 Å². The van der Waals surface area contributed by atoms with E-state index in [1.54, 1.807) is 5.38 Å². The van der Waals surface area contributed by atoms with E-state index in [0.29, 0.717) is 22.7 Å². The Morgan fingerprint density at radius 2 is 2.04 bits per heavy atom. The quantitative estimate of drug-likeness (QED) is 0.819. The Balaban J connectivity index is 2.36. The van der Waals surface area contributed by atoms with Crippen molar-refractivity contribution < 1.29 is 13.2 Å². The van der Waals surface area contributed by atoms with Gasteiger partial charge in [-0.25, -0.2) is 13.4 Å². The van der Waals surface area contributed by atoms with Gasteiger partial charge in [0.1, 0.15) is 0 Å². The molecule has 0 aliphatic rings. The van der Waals surface area contributed by atoms with Gasteiger partial charge in [0.15, 0.2) is 5.13 Å². The van der Waals surface area contributed by atoms with E-state index in [1.165, 1.54) is 35.7 Å². The molecule has 0 saturated carbocycles. The van der Waals surface area contributed by atoms with Crippen LogP contribution in [0.1, 0.15) is 43.1 Å². The summed E-state index contributed by atoms with van der Waals surface area (Å²) in [6, 6.07) is 4.37. The van der Waals surface area contributed by atoms with Crippen LogP contribution >= 0.6 is 11.3 Å². The molecule has 0 saturated heterocycles. The van der Waals surface area contributed by atoms with Crippen molar-refractivity contribution in [1.29, 1.82) is 0 Å². The molecule has 0 spiro atoms. The summed E-state index contributed by atoms with van der Waals surface area (Å²) in [5, 5.41) is 1.98. The Kier molecular flexibility index (Phi) is 5.29. The van der Waals surface area contributed by atoms with Crippen molar-refractivity contribution in [3.05, 3.63) is 40.9 Å². The molecule has 1 aromatic carbocycles. The summed E-state index contributed by atoms with van der Waals surface area (Å²) < 4.78 is 27.4. The number of primary amides is 1. The Labute approximate surface area is 146 Å². The first kappa shape index (κ1) is 18.4. The second-order valence-corrected chi connectivity index (χ2v) is 9.26. The molecule has 130 valence electrons. The third kappa shape index (κ3) is 4.78. The number of hydrogen-bond acceptors (Lipinski definition) is 5. The maximum Gasteiger partial charge on any atom is 0.263 e. The van der Waals surface area contributed by atoms with Crippen LogP contribution in [0.4, 0.5) is 5.13 Å². The lowest BCUT2D eigenvalue weighted by molar-refractivity contribution is 0.0999. The molecule has 2 aromatic rings. The number of benzene rings is 1. The Hall–Kier alpha value is -1.93. The summed E-state index contributed by atoms with van der Waals surface area (Å²) in [6.07, 6.45) is 2.90. The molecule has 2 rings (SSSR count). The van der Waals surface area contributed by atoms with Gasteiger partial charge in [-0.15, -0.1) is 11.3 Å². The van der Waals surface area contributed by atoms with Crippen LogP contribution in [0, 0.1) is 5.41 Å². The predicted molar refractivity (Wildman–Crippen MR) is 95.7 cm³/mol. The number of thiazole rings is 1. The maximum absolute atomic E-state index is 12.5. The molecule has 1 amide bonds. The van der Waals surface area contributed by atoms with E-state index in [-0.39, 0.29) is 10.3 Å². The average Bonchev–Trinajstić information content (AvgIpc) is 2.96. The largest absolute Gasteiger partial charge is 0.366 e. The molecule has 24 heavy (non-hydrogen) atoms. The summed E-state index contributed by atoms with van der Waals surface area (Å²) in [7, 11) is -3.76. The van der Waals surface area contributed by atoms with E-state index in [4.69, 9.17) is 5.73 Å². The monoisotopic (exact) mass is 367 g/mol. The zero-order valence-corrected chi connectivity index (χ0v) is 15.5. The minimum absolute atomic E-state index is 0.0585. The second kappa shape index (κ2) is 6.90. The number of hydrogen-bond donors (Lipinski definition) is 2. The fourth-order valence-electron chi connectivity index (χ4n) is 2.14. The zero-order valence-electron chi connectivity index (χ0n) is 13.9. The summed E-state index contributed by atoms with van der Waals surface area (Å²) in [5.74, 6) is -0.560. The topological polar surface area (TPSA) is 102 Å². The van der Waals surface area contributed by atoms with E-state index < -0.39 is 15.9 Å². The van der Waals surface area contributed by atoms with Crippen molar-refractivity contribution in [2.45, 2.75) is 38.5 Å². The first-order valence-electron chi connectivity index (χ1n) is 7.43. The molecule has 0 aliphatic carbocycles. The second-order valence-electron chi connectivity index (χ2n) is 6.69. The molecule has 0 fully saturated rings. The number of carbonyl (C=O) groups excluding carboxylic acids is 1. The standard InChI is InChI=1S/C16H21N3O3S2/c1-16(2,3)7-6-11-10-12(4-5-13(11)14(17)20)24(21,22)19-15-18-8-9-23-15/h4-5,8-10H,6-7H2,1-3H3,(H2,17,20)(H,18,19). The van der Waals surface area contributed by atoms with Crippen molar-refractivity contribution in [2.24, 2.45) is 11.1 Å². The highest BCUT2D eigenvalue weighted by Crippen LogP contribution is 2.25. The maximum atomic E-state index is 12.5. The van der Waals surface area contributed by atoms with Crippen LogP contribution in [0.5, 0.6) is 0 Å². The molecular weight excluding hydrogens is 346 g/mol. The molecule has 6 nitrogen and oxygen atoms in total. The molecule has 0 bridgehead atoms. The molecule has 3 N–H and O–H groups in total. The van der Waals surface area contributed by atoms with Crippen LogP contribution in [-0.2, 0) is 16.4 Å². The number of nitrogens with two attached hydrogens (primary N) is 1. The fourth-order valence-corrected chi connectivity index (χ4v) is 3.98. The van der Waals surface area contributed by atoms with Crippen molar-refractivity contribution in [3.63, 3.8) is 0 Å². The number of anilines is 1.